The predicted molar refractivity (Wildman–Crippen MR) is 224 cm³/mol. The third-order valence-electron chi connectivity index (χ3n) is 9.67. The van der Waals surface area contributed by atoms with Crippen LogP contribution >= 0.6 is 0 Å². The van der Waals surface area contributed by atoms with Crippen molar-refractivity contribution < 1.29 is 43.2 Å². The number of nitrogens with two attached hydrogens (primary N) is 3. The lowest BCUT2D eigenvalue weighted by Crippen LogP contribution is -2.60. The van der Waals surface area contributed by atoms with Crippen LogP contribution in [0.2, 0.25) is 0 Å². The summed E-state index contributed by atoms with van der Waals surface area (Å²) in [6, 6.07) is -0.600. The molecule has 24 nitrogen and oxygen atoms in total. The first-order chi connectivity index (χ1) is 29.9. The number of para-hydroxylation sites is 1. The van der Waals surface area contributed by atoms with Crippen molar-refractivity contribution in [2.45, 2.75) is 82.7 Å². The molecule has 1 aromatic carbocycles. The molecule has 9 amide bonds. The molecule has 4 aromatic rings. The minimum absolute atomic E-state index is 0.0350. The number of aromatic nitrogens is 5. The van der Waals surface area contributed by atoms with Gasteiger partial charge in [-0.3, -0.25) is 43.2 Å². The van der Waals surface area contributed by atoms with Gasteiger partial charge in [0.2, 0.25) is 53.2 Å². The van der Waals surface area contributed by atoms with Gasteiger partial charge in [-0.05, 0) is 24.5 Å². The lowest BCUT2D eigenvalue weighted by Gasteiger charge is -2.27. The SMILES string of the molecule is CC(NC(=O)C(Cc1c[nH]c2ccccc12)NC(=O)C(Cc1cnc[nH]1)NC(=O)C(CC(N)=O)NC(=O)CN)C(=O)NC(C(=O)NCC(=O)NC(Cc1cnc[nH]1)C(N)=O)C(C)C. The Bertz CT molecular complexity index is 2240. The Morgan fingerprint density at radius 1 is 0.635 bits per heavy atom. The maximum Gasteiger partial charge on any atom is 0.243 e. The van der Waals surface area contributed by atoms with Crippen LogP contribution in [0, 0.1) is 5.92 Å². The Balaban J connectivity index is 1.48. The van der Waals surface area contributed by atoms with E-state index in [2.05, 4.69) is 62.1 Å². The Labute approximate surface area is 360 Å². The minimum atomic E-state index is -1.48. The molecule has 16 N–H and O–H groups in total. The molecule has 338 valence electrons. The van der Waals surface area contributed by atoms with Crippen LogP contribution in [0.1, 0.15) is 44.1 Å². The van der Waals surface area contributed by atoms with Gasteiger partial charge in [0.25, 0.3) is 0 Å². The fourth-order valence-corrected chi connectivity index (χ4v) is 6.32. The van der Waals surface area contributed by atoms with Crippen LogP contribution in [0.4, 0.5) is 0 Å². The number of benzene rings is 1. The van der Waals surface area contributed by atoms with Gasteiger partial charge >= 0.3 is 0 Å². The fraction of sp³-hybridized carbons (Fsp3) is 0.410. The summed E-state index contributed by atoms with van der Waals surface area (Å²) in [5.74, 6) is -7.84. The number of fused-ring (bicyclic) bond motifs is 1. The van der Waals surface area contributed by atoms with Gasteiger partial charge in [-0.2, -0.15) is 0 Å². The number of amides is 9. The molecule has 0 bridgehead atoms. The summed E-state index contributed by atoms with van der Waals surface area (Å²) in [6.45, 7) is 3.60. The van der Waals surface area contributed by atoms with Crippen molar-refractivity contribution in [3.63, 3.8) is 0 Å². The zero-order valence-corrected chi connectivity index (χ0v) is 34.8. The Kier molecular flexibility index (Phi) is 17.4. The molecular formula is C39H53N15O9. The summed E-state index contributed by atoms with van der Waals surface area (Å²) < 4.78 is 0. The molecule has 24 heteroatoms. The van der Waals surface area contributed by atoms with E-state index >= 15 is 0 Å². The minimum Gasteiger partial charge on any atom is -0.370 e. The van der Waals surface area contributed by atoms with Crippen molar-refractivity contribution >= 4 is 64.1 Å². The number of primary amides is 2. The number of nitrogens with zero attached hydrogens (tertiary/aromatic N) is 2. The fourth-order valence-electron chi connectivity index (χ4n) is 6.32. The standard InChI is InChI=1S/C39H53N15O9/c1-19(2)33(39(63)46-16-32(57)50-26(34(42)58)9-22-14-43-17-47-22)54-35(59)20(3)49-36(60)27(8-21-13-45-25-7-5-4-6-24(21)25)52-37(61)28(10-23-15-44-18-48-23)53-38(62)29(11-30(41)55)51-31(56)12-40/h4-7,13-15,17-20,26-29,33,45H,8-12,16,40H2,1-3H3,(H2,41,55)(H2,42,58)(H,43,47)(H,44,48)(H,46,63)(H,49,60)(H,50,57)(H,51,56)(H,52,61)(H,53,62)(H,54,59). The van der Waals surface area contributed by atoms with Crippen molar-refractivity contribution in [2.24, 2.45) is 23.1 Å². The zero-order chi connectivity index (χ0) is 46.2. The average Bonchev–Trinajstić information content (AvgIpc) is 4.04. The summed E-state index contributed by atoms with van der Waals surface area (Å²) in [7, 11) is 0. The number of imidazole rings is 2. The summed E-state index contributed by atoms with van der Waals surface area (Å²) in [5.41, 5.74) is 18.4. The second-order valence-electron chi connectivity index (χ2n) is 14.9. The summed E-state index contributed by atoms with van der Waals surface area (Å²) >= 11 is 0. The highest BCUT2D eigenvalue weighted by Crippen LogP contribution is 2.19. The van der Waals surface area contributed by atoms with Gasteiger partial charge in [-0.25, -0.2) is 9.97 Å². The van der Waals surface area contributed by atoms with E-state index < -0.39 is 115 Å². The maximum atomic E-state index is 14.1. The average molecular weight is 876 g/mol. The molecule has 0 aliphatic heterocycles. The van der Waals surface area contributed by atoms with Crippen molar-refractivity contribution in [3.05, 3.63) is 72.5 Å². The second kappa shape index (κ2) is 22.8. The molecule has 3 heterocycles. The molecule has 0 saturated heterocycles. The van der Waals surface area contributed by atoms with E-state index in [-0.39, 0.29) is 19.3 Å². The zero-order valence-electron chi connectivity index (χ0n) is 34.8. The highest BCUT2D eigenvalue weighted by Gasteiger charge is 2.33. The molecule has 0 spiro atoms. The van der Waals surface area contributed by atoms with Crippen LogP contribution in [0.3, 0.4) is 0 Å². The smallest absolute Gasteiger partial charge is 0.243 e. The van der Waals surface area contributed by atoms with E-state index in [4.69, 9.17) is 17.2 Å². The normalized spacial score (nSPS) is 13.9. The van der Waals surface area contributed by atoms with Crippen LogP contribution in [0.25, 0.3) is 10.9 Å². The van der Waals surface area contributed by atoms with Gasteiger partial charge < -0.3 is 69.4 Å². The summed E-state index contributed by atoms with van der Waals surface area (Å²) in [6.07, 6.45) is 6.42. The van der Waals surface area contributed by atoms with Crippen molar-refractivity contribution in [2.75, 3.05) is 13.1 Å². The highest BCUT2D eigenvalue weighted by atomic mass is 16.2. The van der Waals surface area contributed by atoms with E-state index in [1.165, 1.54) is 32.0 Å². The highest BCUT2D eigenvalue weighted by molar-refractivity contribution is 5.98. The Morgan fingerprint density at radius 2 is 1.21 bits per heavy atom. The summed E-state index contributed by atoms with van der Waals surface area (Å²) in [4.78, 5) is 133. The van der Waals surface area contributed by atoms with Crippen LogP contribution < -0.4 is 54.4 Å². The number of carbonyl (C=O) groups excluding carboxylic acids is 9. The lowest BCUT2D eigenvalue weighted by molar-refractivity contribution is -0.135. The first-order valence-electron chi connectivity index (χ1n) is 19.8. The van der Waals surface area contributed by atoms with Crippen LogP contribution in [0.5, 0.6) is 0 Å². The van der Waals surface area contributed by atoms with Gasteiger partial charge in [0.05, 0.1) is 32.2 Å². The van der Waals surface area contributed by atoms with E-state index in [1.54, 1.807) is 26.1 Å². The van der Waals surface area contributed by atoms with Crippen molar-refractivity contribution in [3.8, 4) is 0 Å². The van der Waals surface area contributed by atoms with E-state index in [1.807, 2.05) is 18.2 Å². The molecule has 0 saturated carbocycles. The molecule has 0 radical (unpaired) electrons. The first kappa shape index (κ1) is 48.0. The molecule has 3 aromatic heterocycles. The quantitative estimate of drug-likeness (QED) is 0.0318. The number of hydrogen-bond donors (Lipinski definition) is 13. The van der Waals surface area contributed by atoms with Crippen LogP contribution in [-0.2, 0) is 62.4 Å². The third-order valence-corrected chi connectivity index (χ3v) is 9.67. The predicted octanol–water partition coefficient (Wildman–Crippen LogP) is -4.34. The largest absolute Gasteiger partial charge is 0.370 e. The Hall–Kier alpha value is -7.63. The monoisotopic (exact) mass is 875 g/mol. The number of aromatic amines is 3. The van der Waals surface area contributed by atoms with Crippen molar-refractivity contribution in [1.82, 2.24) is 62.1 Å². The number of hydrogen-bond acceptors (Lipinski definition) is 12. The Morgan fingerprint density at radius 3 is 1.78 bits per heavy atom. The molecular weight excluding hydrogens is 823 g/mol. The molecule has 63 heavy (non-hydrogen) atoms. The third kappa shape index (κ3) is 14.5. The van der Waals surface area contributed by atoms with Gasteiger partial charge in [-0.15, -0.1) is 0 Å². The van der Waals surface area contributed by atoms with Gasteiger partial charge in [0, 0.05) is 60.1 Å². The molecule has 0 aliphatic carbocycles. The molecule has 0 aliphatic rings. The van der Waals surface area contributed by atoms with Crippen LogP contribution in [-0.4, -0.2) is 127 Å². The van der Waals surface area contributed by atoms with Crippen molar-refractivity contribution in [1.29, 1.82) is 0 Å². The van der Waals surface area contributed by atoms with E-state index in [0.717, 1.165) is 10.9 Å². The van der Waals surface area contributed by atoms with Crippen LogP contribution in [0.15, 0.2) is 55.5 Å². The number of rotatable bonds is 24. The second-order valence-corrected chi connectivity index (χ2v) is 14.9. The topological polar surface area (TPSA) is 389 Å². The number of carbonyl (C=O) groups is 9. The molecule has 6 unspecified atom stereocenters. The number of nitrogens with one attached hydrogen (secondary N) is 10. The first-order valence-corrected chi connectivity index (χ1v) is 19.8. The molecule has 4 rings (SSSR count). The molecule has 6 atom stereocenters. The molecule has 0 fully saturated rings. The van der Waals surface area contributed by atoms with Gasteiger partial charge in [0.15, 0.2) is 0 Å². The summed E-state index contributed by atoms with van der Waals surface area (Å²) in [5, 5.41) is 18.3. The van der Waals surface area contributed by atoms with E-state index in [9.17, 15) is 43.2 Å². The lowest BCUT2D eigenvalue weighted by atomic mass is 10.0. The maximum absolute atomic E-state index is 14.1. The number of H-pyrrole nitrogens is 3. The van der Waals surface area contributed by atoms with Gasteiger partial charge in [-0.1, -0.05) is 32.0 Å². The van der Waals surface area contributed by atoms with E-state index in [0.29, 0.717) is 17.0 Å². The van der Waals surface area contributed by atoms with Gasteiger partial charge in [0.1, 0.15) is 36.3 Å².